The molecule has 1 N–H and O–H groups in total. The number of nitrogens with one attached hydrogen (secondary N) is 1. The number of hydrogen-bond donors (Lipinski definition) is 1. The lowest BCUT2D eigenvalue weighted by molar-refractivity contribution is -0.119. The van der Waals surface area contributed by atoms with Crippen LogP contribution in [0.15, 0.2) is 11.6 Å². The number of morpholine rings is 1. The Bertz CT molecular complexity index is 325. The van der Waals surface area contributed by atoms with Crippen LogP contribution in [-0.2, 0) is 4.74 Å². The third kappa shape index (κ3) is 1.79. The molecule has 3 rings (SSSR count). The molecular formula is C12H18N2OS. The predicted octanol–water partition coefficient (Wildman–Crippen LogP) is 2.51. The van der Waals surface area contributed by atoms with Gasteiger partial charge in [0.2, 0.25) is 0 Å². The number of hydrogen-bond acceptors (Lipinski definition) is 4. The maximum Gasteiger partial charge on any atom is 0.112 e. The molecule has 0 bridgehead atoms. The van der Waals surface area contributed by atoms with Gasteiger partial charge in [-0.1, -0.05) is 19.3 Å². The summed E-state index contributed by atoms with van der Waals surface area (Å²) in [6.45, 7) is 1.80. The predicted molar refractivity (Wildman–Crippen MR) is 64.6 cm³/mol. The highest BCUT2D eigenvalue weighted by Gasteiger charge is 2.44. The molecule has 0 amide bonds. The van der Waals surface area contributed by atoms with Gasteiger partial charge in [-0.05, 0) is 12.8 Å². The van der Waals surface area contributed by atoms with E-state index in [0.717, 1.165) is 13.2 Å². The SMILES string of the molecule is c1csc(C2NCCOC23CCCCC3)n1. The van der Waals surface area contributed by atoms with E-state index in [1.54, 1.807) is 11.3 Å². The van der Waals surface area contributed by atoms with E-state index in [9.17, 15) is 0 Å². The summed E-state index contributed by atoms with van der Waals surface area (Å²) in [7, 11) is 0. The van der Waals surface area contributed by atoms with Gasteiger partial charge in [-0.15, -0.1) is 11.3 Å². The highest BCUT2D eigenvalue weighted by molar-refractivity contribution is 7.09. The van der Waals surface area contributed by atoms with E-state index in [-0.39, 0.29) is 5.60 Å². The molecule has 1 saturated carbocycles. The lowest BCUT2D eigenvalue weighted by Crippen LogP contribution is -2.53. The molecule has 1 saturated heterocycles. The van der Waals surface area contributed by atoms with Crippen molar-refractivity contribution in [3.8, 4) is 0 Å². The highest BCUT2D eigenvalue weighted by Crippen LogP contribution is 2.43. The van der Waals surface area contributed by atoms with Crippen LogP contribution < -0.4 is 5.32 Å². The van der Waals surface area contributed by atoms with E-state index < -0.39 is 0 Å². The molecule has 2 fully saturated rings. The molecule has 16 heavy (non-hydrogen) atoms. The van der Waals surface area contributed by atoms with Crippen molar-refractivity contribution in [2.24, 2.45) is 0 Å². The van der Waals surface area contributed by atoms with Crippen LogP contribution in [0.1, 0.15) is 43.2 Å². The van der Waals surface area contributed by atoms with Crippen molar-refractivity contribution in [2.45, 2.75) is 43.7 Å². The fourth-order valence-electron chi connectivity index (χ4n) is 3.00. The summed E-state index contributed by atoms with van der Waals surface area (Å²) in [6, 6.07) is 0.321. The summed E-state index contributed by atoms with van der Waals surface area (Å²) >= 11 is 1.74. The topological polar surface area (TPSA) is 34.1 Å². The van der Waals surface area contributed by atoms with Crippen molar-refractivity contribution >= 4 is 11.3 Å². The first-order valence-electron chi connectivity index (χ1n) is 6.17. The average molecular weight is 238 g/mol. The maximum atomic E-state index is 6.15. The van der Waals surface area contributed by atoms with Crippen molar-refractivity contribution in [3.05, 3.63) is 16.6 Å². The van der Waals surface area contributed by atoms with Crippen LogP contribution in [0, 0.1) is 0 Å². The second kappa shape index (κ2) is 4.43. The molecule has 0 aromatic carbocycles. The van der Waals surface area contributed by atoms with E-state index in [1.165, 1.54) is 37.1 Å². The van der Waals surface area contributed by atoms with Crippen LogP contribution in [0.4, 0.5) is 0 Å². The minimum Gasteiger partial charge on any atom is -0.372 e. The summed E-state index contributed by atoms with van der Waals surface area (Å²) in [5.74, 6) is 0. The van der Waals surface area contributed by atoms with E-state index in [4.69, 9.17) is 4.74 Å². The quantitative estimate of drug-likeness (QED) is 0.816. The molecule has 1 aromatic rings. The van der Waals surface area contributed by atoms with E-state index in [2.05, 4.69) is 15.7 Å². The first kappa shape index (κ1) is 10.7. The van der Waals surface area contributed by atoms with E-state index in [0.29, 0.717) is 6.04 Å². The number of nitrogens with zero attached hydrogens (tertiary/aromatic N) is 1. The Labute approximate surface area is 100 Å². The summed E-state index contributed by atoms with van der Waals surface area (Å²) in [5.41, 5.74) is 0.0361. The van der Waals surface area contributed by atoms with Gasteiger partial charge >= 0.3 is 0 Å². The molecule has 0 radical (unpaired) electrons. The lowest BCUT2D eigenvalue weighted by Gasteiger charge is -2.46. The fraction of sp³-hybridized carbons (Fsp3) is 0.750. The summed E-state index contributed by atoms with van der Waals surface area (Å²) in [4.78, 5) is 4.47. The van der Waals surface area contributed by atoms with Crippen LogP contribution in [0.2, 0.25) is 0 Å². The third-order valence-electron chi connectivity index (χ3n) is 3.76. The van der Waals surface area contributed by atoms with Crippen molar-refractivity contribution in [1.82, 2.24) is 10.3 Å². The van der Waals surface area contributed by atoms with Crippen molar-refractivity contribution < 1.29 is 4.74 Å². The zero-order valence-corrected chi connectivity index (χ0v) is 10.3. The molecule has 1 unspecified atom stereocenters. The zero-order valence-electron chi connectivity index (χ0n) is 9.45. The van der Waals surface area contributed by atoms with Crippen LogP contribution in [-0.4, -0.2) is 23.7 Å². The molecule has 4 heteroatoms. The molecule has 88 valence electrons. The van der Waals surface area contributed by atoms with Gasteiger partial charge in [0.05, 0.1) is 18.2 Å². The number of ether oxygens (including phenoxy) is 1. The minimum atomic E-state index is 0.0361. The Hall–Kier alpha value is -0.450. The smallest absolute Gasteiger partial charge is 0.112 e. The Kier molecular flexibility index (Phi) is 2.96. The Morgan fingerprint density at radius 1 is 1.38 bits per heavy atom. The van der Waals surface area contributed by atoms with Gasteiger partial charge in [-0.2, -0.15) is 0 Å². The lowest BCUT2D eigenvalue weighted by atomic mass is 9.78. The maximum absolute atomic E-state index is 6.15. The Morgan fingerprint density at radius 3 is 3.00 bits per heavy atom. The normalized spacial score (nSPS) is 29.4. The van der Waals surface area contributed by atoms with Crippen molar-refractivity contribution in [3.63, 3.8) is 0 Å². The average Bonchev–Trinajstić information content (AvgIpc) is 2.84. The number of aromatic nitrogens is 1. The summed E-state index contributed by atoms with van der Waals surface area (Å²) < 4.78 is 6.15. The second-order valence-corrected chi connectivity index (χ2v) is 5.66. The van der Waals surface area contributed by atoms with Crippen LogP contribution in [0.3, 0.4) is 0 Å². The van der Waals surface area contributed by atoms with Gasteiger partial charge in [-0.3, -0.25) is 0 Å². The van der Waals surface area contributed by atoms with Gasteiger partial charge in [0.25, 0.3) is 0 Å². The second-order valence-electron chi connectivity index (χ2n) is 4.73. The van der Waals surface area contributed by atoms with Gasteiger partial charge in [-0.25, -0.2) is 4.98 Å². The molecule has 3 nitrogen and oxygen atoms in total. The van der Waals surface area contributed by atoms with Gasteiger partial charge in [0.15, 0.2) is 0 Å². The minimum absolute atomic E-state index is 0.0361. The Balaban J connectivity index is 1.88. The Morgan fingerprint density at radius 2 is 2.25 bits per heavy atom. The van der Waals surface area contributed by atoms with E-state index in [1.807, 2.05) is 6.20 Å². The van der Waals surface area contributed by atoms with Crippen LogP contribution in [0.5, 0.6) is 0 Å². The van der Waals surface area contributed by atoms with E-state index >= 15 is 0 Å². The molecule has 1 aliphatic carbocycles. The molecule has 1 aromatic heterocycles. The summed E-state index contributed by atoms with van der Waals surface area (Å²) in [5, 5.41) is 6.86. The standard InChI is InChI=1S/C12H18N2OS/c1-2-4-12(5-3-1)10(13-6-8-15-12)11-14-7-9-16-11/h7,9-10,13H,1-6,8H2. The third-order valence-corrected chi connectivity index (χ3v) is 4.60. The fourth-order valence-corrected chi connectivity index (χ4v) is 3.82. The first-order chi connectivity index (χ1) is 7.91. The molecular weight excluding hydrogens is 220 g/mol. The van der Waals surface area contributed by atoms with Gasteiger partial charge < -0.3 is 10.1 Å². The van der Waals surface area contributed by atoms with Gasteiger partial charge in [0.1, 0.15) is 5.01 Å². The first-order valence-corrected chi connectivity index (χ1v) is 7.05. The van der Waals surface area contributed by atoms with Crippen molar-refractivity contribution in [2.75, 3.05) is 13.2 Å². The monoisotopic (exact) mass is 238 g/mol. The van der Waals surface area contributed by atoms with Crippen molar-refractivity contribution in [1.29, 1.82) is 0 Å². The van der Waals surface area contributed by atoms with Gasteiger partial charge in [0, 0.05) is 18.1 Å². The summed E-state index contributed by atoms with van der Waals surface area (Å²) in [6.07, 6.45) is 8.21. The number of rotatable bonds is 1. The molecule has 1 aliphatic heterocycles. The number of thiazole rings is 1. The largest absolute Gasteiger partial charge is 0.372 e. The molecule has 2 heterocycles. The van der Waals surface area contributed by atoms with Crippen LogP contribution in [0.25, 0.3) is 0 Å². The highest BCUT2D eigenvalue weighted by atomic mass is 32.1. The molecule has 2 aliphatic rings. The van der Waals surface area contributed by atoms with Crippen LogP contribution >= 0.6 is 11.3 Å². The molecule has 1 atom stereocenters. The zero-order chi connectivity index (χ0) is 10.8. The molecule has 1 spiro atoms.